The third-order valence-electron chi connectivity index (χ3n) is 7.66. The first-order valence-corrected chi connectivity index (χ1v) is 13.3. The fourth-order valence-electron chi connectivity index (χ4n) is 5.55. The van der Waals surface area contributed by atoms with Crippen LogP contribution in [-0.4, -0.2) is 70.6 Å². The Morgan fingerprint density at radius 2 is 1.85 bits per heavy atom. The summed E-state index contributed by atoms with van der Waals surface area (Å²) >= 11 is 0. The van der Waals surface area contributed by atoms with Crippen LogP contribution in [0.4, 0.5) is 22.0 Å². The first-order chi connectivity index (χ1) is 19.4. The Balaban J connectivity index is 1.40. The summed E-state index contributed by atoms with van der Waals surface area (Å²) < 4.78 is 93.5. The van der Waals surface area contributed by atoms with Crippen molar-refractivity contribution in [2.75, 3.05) is 13.7 Å². The maximum absolute atomic E-state index is 13.9. The molecule has 0 N–H and O–H groups in total. The van der Waals surface area contributed by atoms with E-state index < -0.39 is 65.4 Å². The SMILES string of the molecule is CO[C@@H]1[C@@H](n2cc(-c3cc(F)c(F)c(F)c3)nn2)[C@H]2OC(C)(C)OC[C@H]2O[C@@H]1CC(=O)C#CC1CCC(F)(F)CC1. The number of alkyl halides is 2. The minimum Gasteiger partial charge on any atom is -0.376 e. The second kappa shape index (κ2) is 11.4. The highest BCUT2D eigenvalue weighted by Crippen LogP contribution is 2.40. The Morgan fingerprint density at radius 1 is 1.17 bits per heavy atom. The fourth-order valence-corrected chi connectivity index (χ4v) is 5.55. The van der Waals surface area contributed by atoms with Crippen molar-refractivity contribution in [2.45, 2.75) is 88.1 Å². The molecule has 0 radical (unpaired) electrons. The lowest BCUT2D eigenvalue weighted by Gasteiger charge is -2.50. The van der Waals surface area contributed by atoms with Gasteiger partial charge in [0.05, 0.1) is 18.9 Å². The number of benzene rings is 1. The highest BCUT2D eigenvalue weighted by Gasteiger charge is 2.53. The van der Waals surface area contributed by atoms with Gasteiger partial charge in [-0.15, -0.1) is 5.10 Å². The van der Waals surface area contributed by atoms with E-state index in [9.17, 15) is 26.7 Å². The van der Waals surface area contributed by atoms with Crippen LogP contribution < -0.4 is 0 Å². The highest BCUT2D eigenvalue weighted by atomic mass is 19.3. The van der Waals surface area contributed by atoms with Gasteiger partial charge in [0.25, 0.3) is 0 Å². The number of ether oxygens (including phenoxy) is 4. The minimum absolute atomic E-state index is 0.0269. The van der Waals surface area contributed by atoms with E-state index in [4.69, 9.17) is 18.9 Å². The summed E-state index contributed by atoms with van der Waals surface area (Å²) in [6, 6.07) is 0.911. The number of hydrogen-bond acceptors (Lipinski definition) is 7. The molecule has 2 aromatic rings. The zero-order valence-electron chi connectivity index (χ0n) is 22.7. The lowest BCUT2D eigenvalue weighted by molar-refractivity contribution is -0.349. The second-order valence-electron chi connectivity index (χ2n) is 11.1. The van der Waals surface area contributed by atoms with E-state index in [-0.39, 0.29) is 55.9 Å². The molecule has 1 aromatic carbocycles. The Labute approximate surface area is 233 Å². The summed E-state index contributed by atoms with van der Waals surface area (Å²) in [7, 11) is 1.43. The first kappa shape index (κ1) is 29.6. The molecule has 1 saturated carbocycles. The average molecular weight is 584 g/mol. The maximum Gasteiger partial charge on any atom is 0.248 e. The molecule has 2 saturated heterocycles. The third kappa shape index (κ3) is 6.45. The van der Waals surface area contributed by atoms with Crippen molar-refractivity contribution in [2.24, 2.45) is 5.92 Å². The van der Waals surface area contributed by atoms with Crippen LogP contribution in [-0.2, 0) is 23.7 Å². The van der Waals surface area contributed by atoms with Crippen molar-refractivity contribution in [1.29, 1.82) is 0 Å². The zero-order chi connectivity index (χ0) is 29.5. The molecule has 0 spiro atoms. The molecule has 41 heavy (non-hydrogen) atoms. The summed E-state index contributed by atoms with van der Waals surface area (Å²) in [5, 5.41) is 8.18. The van der Waals surface area contributed by atoms with Gasteiger partial charge in [-0.05, 0) is 44.7 Å². The molecule has 5 rings (SSSR count). The number of aromatic nitrogens is 3. The summed E-state index contributed by atoms with van der Waals surface area (Å²) in [5.74, 6) is -3.31. The van der Waals surface area contributed by atoms with Gasteiger partial charge in [0.1, 0.15) is 30.0 Å². The lowest BCUT2D eigenvalue weighted by atomic mass is 9.87. The van der Waals surface area contributed by atoms with Crippen LogP contribution >= 0.6 is 0 Å². The summed E-state index contributed by atoms with van der Waals surface area (Å²) in [5.41, 5.74) is 0.0458. The Kier molecular flexibility index (Phi) is 8.22. The quantitative estimate of drug-likeness (QED) is 0.220. The van der Waals surface area contributed by atoms with Crippen molar-refractivity contribution in [3.05, 3.63) is 35.8 Å². The molecule has 13 heteroatoms. The first-order valence-electron chi connectivity index (χ1n) is 13.3. The van der Waals surface area contributed by atoms with Gasteiger partial charge in [0, 0.05) is 37.9 Å². The van der Waals surface area contributed by atoms with Crippen molar-refractivity contribution in [3.63, 3.8) is 0 Å². The van der Waals surface area contributed by atoms with Crippen LogP contribution in [0, 0.1) is 35.2 Å². The van der Waals surface area contributed by atoms with Crippen LogP contribution in [0.5, 0.6) is 0 Å². The van der Waals surface area contributed by atoms with E-state index in [1.165, 1.54) is 18.0 Å². The van der Waals surface area contributed by atoms with Crippen molar-refractivity contribution in [3.8, 4) is 23.1 Å². The van der Waals surface area contributed by atoms with E-state index in [1.807, 2.05) is 0 Å². The molecule has 3 heterocycles. The standard InChI is InChI=1S/C28H30F5N3O5/c1-27(2)39-14-22-26(41-27)24(36-13-20(34-35-36)16-10-18(29)23(31)19(30)11-16)25(38-3)21(40-22)12-17(37)5-4-15-6-8-28(32,33)9-7-15/h10-11,13,15,21-22,24-26H,6-9,12,14H2,1-3H3/t21-,22-,24-,25+,26+/m1/s1. The van der Waals surface area contributed by atoms with Gasteiger partial charge in [0.15, 0.2) is 23.2 Å². The Bertz CT molecular complexity index is 1320. The van der Waals surface area contributed by atoms with Crippen LogP contribution in [0.2, 0.25) is 0 Å². The van der Waals surface area contributed by atoms with E-state index in [0.717, 1.165) is 12.1 Å². The number of hydrogen-bond donors (Lipinski definition) is 0. The lowest BCUT2D eigenvalue weighted by Crippen LogP contribution is -2.62. The van der Waals surface area contributed by atoms with Crippen LogP contribution in [0.15, 0.2) is 18.3 Å². The molecule has 3 fully saturated rings. The zero-order valence-corrected chi connectivity index (χ0v) is 22.7. The smallest absolute Gasteiger partial charge is 0.248 e. The van der Waals surface area contributed by atoms with Crippen molar-refractivity contribution < 1.29 is 45.7 Å². The van der Waals surface area contributed by atoms with E-state index >= 15 is 0 Å². The molecular weight excluding hydrogens is 553 g/mol. The van der Waals surface area contributed by atoms with Crippen LogP contribution in [0.25, 0.3) is 11.3 Å². The van der Waals surface area contributed by atoms with Gasteiger partial charge < -0.3 is 18.9 Å². The van der Waals surface area contributed by atoms with Crippen LogP contribution in [0.1, 0.15) is 52.0 Å². The van der Waals surface area contributed by atoms with Gasteiger partial charge in [-0.2, -0.15) is 0 Å². The summed E-state index contributed by atoms with van der Waals surface area (Å²) in [6.07, 6.45) is -1.73. The summed E-state index contributed by atoms with van der Waals surface area (Å²) in [6.45, 7) is 3.59. The number of halogens is 5. The number of nitrogens with zero attached hydrogens (tertiary/aromatic N) is 3. The molecular formula is C28H30F5N3O5. The number of rotatable bonds is 5. The number of methoxy groups -OCH3 is 1. The van der Waals surface area contributed by atoms with Gasteiger partial charge in [0.2, 0.25) is 11.7 Å². The molecule has 8 nitrogen and oxygen atoms in total. The number of ketones is 1. The predicted octanol–water partition coefficient (Wildman–Crippen LogP) is 4.63. The average Bonchev–Trinajstić information content (AvgIpc) is 3.40. The minimum atomic E-state index is -2.69. The Morgan fingerprint density at radius 3 is 2.51 bits per heavy atom. The largest absolute Gasteiger partial charge is 0.376 e. The summed E-state index contributed by atoms with van der Waals surface area (Å²) in [4.78, 5) is 12.9. The van der Waals surface area contributed by atoms with Gasteiger partial charge >= 0.3 is 0 Å². The van der Waals surface area contributed by atoms with E-state index in [1.54, 1.807) is 13.8 Å². The highest BCUT2D eigenvalue weighted by molar-refractivity contribution is 5.95. The normalized spacial score (nSPS) is 29.3. The molecule has 1 aliphatic carbocycles. The monoisotopic (exact) mass is 583 g/mol. The molecule has 2 aliphatic heterocycles. The molecule has 5 atom stereocenters. The van der Waals surface area contributed by atoms with E-state index in [0.29, 0.717) is 0 Å². The molecule has 222 valence electrons. The topological polar surface area (TPSA) is 84.7 Å². The van der Waals surface area contributed by atoms with Crippen molar-refractivity contribution in [1.82, 2.24) is 15.0 Å². The van der Waals surface area contributed by atoms with Gasteiger partial charge in [-0.1, -0.05) is 11.1 Å². The third-order valence-corrected chi connectivity index (χ3v) is 7.66. The van der Waals surface area contributed by atoms with Gasteiger partial charge in [-0.3, -0.25) is 4.79 Å². The Hall–Kier alpha value is -2.92. The molecule has 1 aromatic heterocycles. The van der Waals surface area contributed by atoms with Crippen LogP contribution in [0.3, 0.4) is 0 Å². The van der Waals surface area contributed by atoms with E-state index in [2.05, 4.69) is 22.2 Å². The number of Topliss-reactive ketones (excluding diaryl/α,β-unsaturated/α-hetero) is 1. The maximum atomic E-state index is 13.9. The second-order valence-corrected chi connectivity index (χ2v) is 11.1. The molecule has 0 amide bonds. The number of carbonyl (C=O) groups is 1. The molecule has 3 aliphatic rings. The predicted molar refractivity (Wildman–Crippen MR) is 133 cm³/mol. The number of fused-ring (bicyclic) bond motifs is 1. The fraction of sp³-hybridized carbons (Fsp3) is 0.607. The molecule has 0 unspecified atom stereocenters. The number of carbonyl (C=O) groups excluding carboxylic acids is 1. The van der Waals surface area contributed by atoms with Gasteiger partial charge in [-0.25, -0.2) is 26.6 Å². The molecule has 0 bridgehead atoms. The van der Waals surface area contributed by atoms with Crippen molar-refractivity contribution >= 4 is 5.78 Å².